The minimum absolute atomic E-state index is 0. The number of rotatable bonds is 6. The molecule has 1 aromatic carbocycles. The van der Waals surface area contributed by atoms with E-state index in [1.807, 2.05) is 24.3 Å². The van der Waals surface area contributed by atoms with Crippen LogP contribution < -0.4 is 16.0 Å². The number of nitrogens with zero attached hydrogens (tertiary/aromatic N) is 2. The van der Waals surface area contributed by atoms with Gasteiger partial charge in [-0.3, -0.25) is 4.99 Å². The lowest BCUT2D eigenvalue weighted by molar-refractivity contribution is 0.625. The Bertz CT molecular complexity index is 629. The molecule has 5 nitrogen and oxygen atoms in total. The molecule has 0 radical (unpaired) electrons. The van der Waals surface area contributed by atoms with Gasteiger partial charge in [0.15, 0.2) is 5.96 Å². The van der Waals surface area contributed by atoms with Crippen molar-refractivity contribution in [1.82, 2.24) is 15.6 Å². The molecule has 126 valence electrons. The van der Waals surface area contributed by atoms with Gasteiger partial charge in [0.05, 0.1) is 5.52 Å². The van der Waals surface area contributed by atoms with Gasteiger partial charge in [-0.15, -0.1) is 24.0 Å². The molecule has 0 saturated carbocycles. The lowest BCUT2D eigenvalue weighted by Crippen LogP contribution is -2.43. The van der Waals surface area contributed by atoms with Crippen molar-refractivity contribution in [2.24, 2.45) is 4.99 Å². The highest BCUT2D eigenvalue weighted by Crippen LogP contribution is 2.13. The second-order valence-electron chi connectivity index (χ2n) is 5.27. The Labute approximate surface area is 155 Å². The van der Waals surface area contributed by atoms with E-state index in [4.69, 9.17) is 0 Å². The Kier molecular flexibility index (Phi) is 8.68. The van der Waals surface area contributed by atoms with Gasteiger partial charge in [0, 0.05) is 31.6 Å². The highest BCUT2D eigenvalue weighted by molar-refractivity contribution is 14.0. The van der Waals surface area contributed by atoms with E-state index >= 15 is 0 Å². The molecule has 0 aliphatic carbocycles. The number of anilines is 1. The number of pyridine rings is 1. The van der Waals surface area contributed by atoms with Crippen LogP contribution in [0.25, 0.3) is 10.9 Å². The van der Waals surface area contributed by atoms with Crippen molar-refractivity contribution in [2.75, 3.05) is 25.5 Å². The minimum atomic E-state index is 0. The third-order valence-electron chi connectivity index (χ3n) is 3.54. The number of para-hydroxylation sites is 1. The molecule has 0 spiro atoms. The van der Waals surface area contributed by atoms with Gasteiger partial charge in [-0.1, -0.05) is 25.1 Å². The van der Waals surface area contributed by atoms with Crippen LogP contribution in [0.4, 0.5) is 5.82 Å². The first-order valence-electron chi connectivity index (χ1n) is 7.79. The summed E-state index contributed by atoms with van der Waals surface area (Å²) in [5.74, 6) is 1.73. The number of hydrogen-bond acceptors (Lipinski definition) is 3. The zero-order valence-electron chi connectivity index (χ0n) is 14.0. The summed E-state index contributed by atoms with van der Waals surface area (Å²) in [6.45, 7) is 5.86. The normalized spacial score (nSPS) is 12.4. The fraction of sp³-hybridized carbons (Fsp3) is 0.412. The van der Waals surface area contributed by atoms with Crippen LogP contribution in [-0.2, 0) is 0 Å². The maximum atomic E-state index is 4.59. The van der Waals surface area contributed by atoms with Crippen LogP contribution in [0.5, 0.6) is 0 Å². The number of benzene rings is 1. The molecule has 6 heteroatoms. The van der Waals surface area contributed by atoms with Crippen LogP contribution in [0, 0.1) is 0 Å². The van der Waals surface area contributed by atoms with Crippen LogP contribution in [-0.4, -0.2) is 37.1 Å². The Morgan fingerprint density at radius 2 is 1.96 bits per heavy atom. The van der Waals surface area contributed by atoms with Crippen molar-refractivity contribution in [3.05, 3.63) is 36.4 Å². The molecule has 1 unspecified atom stereocenters. The summed E-state index contributed by atoms with van der Waals surface area (Å²) in [6.07, 6.45) is 1.07. The zero-order chi connectivity index (χ0) is 15.8. The lowest BCUT2D eigenvalue weighted by Gasteiger charge is -2.16. The van der Waals surface area contributed by atoms with E-state index in [9.17, 15) is 0 Å². The van der Waals surface area contributed by atoms with Crippen molar-refractivity contribution >= 4 is 46.7 Å². The average Bonchev–Trinajstić information content (AvgIpc) is 2.57. The summed E-state index contributed by atoms with van der Waals surface area (Å²) in [5, 5.41) is 11.1. The predicted molar refractivity (Wildman–Crippen MR) is 110 cm³/mol. The summed E-state index contributed by atoms with van der Waals surface area (Å²) < 4.78 is 0. The van der Waals surface area contributed by atoms with Crippen LogP contribution in [0.3, 0.4) is 0 Å². The summed E-state index contributed by atoms with van der Waals surface area (Å²) in [7, 11) is 1.79. The van der Waals surface area contributed by atoms with Gasteiger partial charge in [-0.05, 0) is 31.5 Å². The monoisotopic (exact) mass is 427 g/mol. The molecule has 1 atom stereocenters. The zero-order valence-corrected chi connectivity index (χ0v) is 16.3. The van der Waals surface area contributed by atoms with E-state index in [0.717, 1.165) is 42.2 Å². The summed E-state index contributed by atoms with van der Waals surface area (Å²) >= 11 is 0. The first kappa shape index (κ1) is 19.5. The van der Waals surface area contributed by atoms with Gasteiger partial charge in [0.1, 0.15) is 5.82 Å². The van der Waals surface area contributed by atoms with Gasteiger partial charge < -0.3 is 16.0 Å². The Hall–Kier alpha value is -1.57. The average molecular weight is 427 g/mol. The largest absolute Gasteiger partial charge is 0.368 e. The van der Waals surface area contributed by atoms with Crippen LogP contribution >= 0.6 is 24.0 Å². The standard InChI is InChI=1S/C17H25N5.HI/c1-4-13(2)21-17(18-3)20-12-11-19-16-10-9-14-7-5-6-8-15(14)22-16;/h5-10,13H,4,11-12H2,1-3H3,(H,19,22)(H2,18,20,21);1H. The number of fused-ring (bicyclic) bond motifs is 1. The topological polar surface area (TPSA) is 61.3 Å². The van der Waals surface area contributed by atoms with E-state index in [-0.39, 0.29) is 24.0 Å². The van der Waals surface area contributed by atoms with E-state index in [2.05, 4.69) is 51.9 Å². The molecule has 0 aliphatic heterocycles. The number of aliphatic imine (C=N–C) groups is 1. The van der Waals surface area contributed by atoms with Crippen molar-refractivity contribution in [2.45, 2.75) is 26.3 Å². The molecule has 0 aliphatic rings. The molecular formula is C17H26IN5. The van der Waals surface area contributed by atoms with Gasteiger partial charge in [-0.2, -0.15) is 0 Å². The number of nitrogens with one attached hydrogen (secondary N) is 3. The smallest absolute Gasteiger partial charge is 0.191 e. The Morgan fingerprint density at radius 1 is 1.17 bits per heavy atom. The molecule has 1 aromatic heterocycles. The fourth-order valence-electron chi connectivity index (χ4n) is 2.07. The minimum Gasteiger partial charge on any atom is -0.368 e. The number of aromatic nitrogens is 1. The van der Waals surface area contributed by atoms with E-state index in [1.54, 1.807) is 7.05 Å². The Morgan fingerprint density at radius 3 is 2.70 bits per heavy atom. The summed E-state index contributed by atoms with van der Waals surface area (Å²) in [6, 6.07) is 12.6. The SMILES string of the molecule is CCC(C)NC(=NC)NCCNc1ccc2ccccc2n1.I. The number of guanidine groups is 1. The van der Waals surface area contributed by atoms with E-state index in [0.29, 0.717) is 6.04 Å². The second kappa shape index (κ2) is 10.3. The maximum absolute atomic E-state index is 4.59. The summed E-state index contributed by atoms with van der Waals surface area (Å²) in [5.41, 5.74) is 1.01. The molecule has 2 aromatic rings. The highest BCUT2D eigenvalue weighted by Gasteiger charge is 2.02. The van der Waals surface area contributed by atoms with Crippen LogP contribution in [0.15, 0.2) is 41.4 Å². The fourth-order valence-corrected chi connectivity index (χ4v) is 2.07. The van der Waals surface area contributed by atoms with Crippen molar-refractivity contribution < 1.29 is 0 Å². The predicted octanol–water partition coefficient (Wildman–Crippen LogP) is 3.23. The quantitative estimate of drug-likeness (QED) is 0.287. The molecule has 0 bridgehead atoms. The van der Waals surface area contributed by atoms with Gasteiger partial charge in [0.25, 0.3) is 0 Å². The number of halogens is 1. The molecule has 0 saturated heterocycles. The van der Waals surface area contributed by atoms with Crippen molar-refractivity contribution in [1.29, 1.82) is 0 Å². The molecule has 0 amide bonds. The molecular weight excluding hydrogens is 401 g/mol. The molecule has 23 heavy (non-hydrogen) atoms. The van der Waals surface area contributed by atoms with Crippen LogP contribution in [0.1, 0.15) is 20.3 Å². The first-order valence-corrected chi connectivity index (χ1v) is 7.79. The van der Waals surface area contributed by atoms with Gasteiger partial charge in [-0.25, -0.2) is 4.98 Å². The van der Waals surface area contributed by atoms with E-state index in [1.165, 1.54) is 0 Å². The third kappa shape index (κ3) is 6.21. The van der Waals surface area contributed by atoms with Crippen molar-refractivity contribution in [3.63, 3.8) is 0 Å². The van der Waals surface area contributed by atoms with Crippen molar-refractivity contribution in [3.8, 4) is 0 Å². The van der Waals surface area contributed by atoms with Gasteiger partial charge >= 0.3 is 0 Å². The first-order chi connectivity index (χ1) is 10.7. The highest BCUT2D eigenvalue weighted by atomic mass is 127. The van der Waals surface area contributed by atoms with E-state index < -0.39 is 0 Å². The molecule has 3 N–H and O–H groups in total. The number of hydrogen-bond donors (Lipinski definition) is 3. The maximum Gasteiger partial charge on any atom is 0.191 e. The Balaban J connectivity index is 0.00000264. The second-order valence-corrected chi connectivity index (χ2v) is 5.27. The molecule has 2 rings (SSSR count). The lowest BCUT2D eigenvalue weighted by atomic mass is 10.2. The van der Waals surface area contributed by atoms with Gasteiger partial charge in [0.2, 0.25) is 0 Å². The molecule has 0 fully saturated rings. The summed E-state index contributed by atoms with van der Waals surface area (Å²) in [4.78, 5) is 8.80. The third-order valence-corrected chi connectivity index (χ3v) is 3.54. The molecule has 1 heterocycles. The van der Waals surface area contributed by atoms with Crippen LogP contribution in [0.2, 0.25) is 0 Å².